The maximum Gasteiger partial charge on any atom is 0.263 e. The molecule has 2 aromatic rings. The average molecular weight is 328 g/mol. The predicted octanol–water partition coefficient (Wildman–Crippen LogP) is 2.72. The summed E-state index contributed by atoms with van der Waals surface area (Å²) >= 11 is 5.65. The lowest BCUT2D eigenvalue weighted by atomic mass is 10.4. The SMILES string of the molecule is CC(C)Oc1ncccc1NS(=O)(=O)c1ccc(Cl)nc1. The van der Waals surface area contributed by atoms with Gasteiger partial charge in [0.25, 0.3) is 10.0 Å². The Morgan fingerprint density at radius 2 is 2.00 bits per heavy atom. The van der Waals surface area contributed by atoms with E-state index in [9.17, 15) is 8.42 Å². The predicted molar refractivity (Wildman–Crippen MR) is 80.1 cm³/mol. The first kappa shape index (κ1) is 15.5. The van der Waals surface area contributed by atoms with Crippen molar-refractivity contribution >= 4 is 27.3 Å². The van der Waals surface area contributed by atoms with Gasteiger partial charge in [0.05, 0.1) is 6.10 Å². The number of anilines is 1. The normalized spacial score (nSPS) is 11.4. The molecule has 112 valence electrons. The first-order chi connectivity index (χ1) is 9.88. The van der Waals surface area contributed by atoms with E-state index in [2.05, 4.69) is 14.7 Å². The number of aromatic nitrogens is 2. The molecule has 0 bridgehead atoms. The topological polar surface area (TPSA) is 81.2 Å². The molecule has 0 radical (unpaired) electrons. The molecule has 0 fully saturated rings. The van der Waals surface area contributed by atoms with Crippen LogP contribution in [0.1, 0.15) is 13.8 Å². The Hall–Kier alpha value is -1.86. The van der Waals surface area contributed by atoms with E-state index in [0.29, 0.717) is 0 Å². The van der Waals surface area contributed by atoms with Gasteiger partial charge in [-0.1, -0.05) is 11.6 Å². The van der Waals surface area contributed by atoms with Crippen molar-refractivity contribution in [2.24, 2.45) is 0 Å². The zero-order valence-electron chi connectivity index (χ0n) is 11.4. The van der Waals surface area contributed by atoms with E-state index in [4.69, 9.17) is 16.3 Å². The molecule has 6 nitrogen and oxygen atoms in total. The van der Waals surface area contributed by atoms with Crippen LogP contribution in [0.2, 0.25) is 5.15 Å². The molecule has 2 rings (SSSR count). The van der Waals surface area contributed by atoms with E-state index < -0.39 is 10.0 Å². The smallest absolute Gasteiger partial charge is 0.263 e. The average Bonchev–Trinajstić information content (AvgIpc) is 2.40. The van der Waals surface area contributed by atoms with Gasteiger partial charge < -0.3 is 4.74 Å². The highest BCUT2D eigenvalue weighted by Crippen LogP contribution is 2.25. The van der Waals surface area contributed by atoms with Gasteiger partial charge in [0.1, 0.15) is 15.7 Å². The number of halogens is 1. The number of ether oxygens (including phenoxy) is 1. The number of nitrogens with one attached hydrogen (secondary N) is 1. The van der Waals surface area contributed by atoms with E-state index >= 15 is 0 Å². The fourth-order valence-electron chi connectivity index (χ4n) is 1.51. The molecule has 0 aliphatic rings. The lowest BCUT2D eigenvalue weighted by molar-refractivity contribution is 0.234. The second-order valence-corrected chi connectivity index (χ2v) is 6.51. The van der Waals surface area contributed by atoms with E-state index in [1.165, 1.54) is 24.5 Å². The number of sulfonamides is 1. The Morgan fingerprint density at radius 1 is 1.24 bits per heavy atom. The summed E-state index contributed by atoms with van der Waals surface area (Å²) in [5.74, 6) is 0.220. The molecular weight excluding hydrogens is 314 g/mol. The molecule has 2 heterocycles. The second kappa shape index (κ2) is 6.28. The summed E-state index contributed by atoms with van der Waals surface area (Å²) in [6.07, 6.45) is 2.59. The Morgan fingerprint density at radius 3 is 2.62 bits per heavy atom. The lowest BCUT2D eigenvalue weighted by Gasteiger charge is -2.14. The van der Waals surface area contributed by atoms with Crippen LogP contribution in [0.5, 0.6) is 5.88 Å². The van der Waals surface area contributed by atoms with Crippen LogP contribution in [0, 0.1) is 0 Å². The van der Waals surface area contributed by atoms with Crippen LogP contribution in [0.3, 0.4) is 0 Å². The number of hydrogen-bond acceptors (Lipinski definition) is 5. The van der Waals surface area contributed by atoms with Crippen LogP contribution < -0.4 is 9.46 Å². The minimum atomic E-state index is -3.78. The molecule has 0 atom stereocenters. The summed E-state index contributed by atoms with van der Waals surface area (Å²) < 4.78 is 32.4. The quantitative estimate of drug-likeness (QED) is 0.854. The highest BCUT2D eigenvalue weighted by atomic mass is 35.5. The fraction of sp³-hybridized carbons (Fsp3) is 0.231. The van der Waals surface area contributed by atoms with Crippen molar-refractivity contribution in [2.75, 3.05) is 4.72 Å². The molecule has 0 aliphatic carbocycles. The molecular formula is C13H14ClN3O3S. The third kappa shape index (κ3) is 4.05. The van der Waals surface area contributed by atoms with Crippen molar-refractivity contribution in [1.82, 2.24) is 9.97 Å². The third-order valence-corrected chi connectivity index (χ3v) is 3.95. The van der Waals surface area contributed by atoms with Gasteiger partial charge in [0.2, 0.25) is 5.88 Å². The second-order valence-electron chi connectivity index (χ2n) is 4.44. The van der Waals surface area contributed by atoms with Crippen LogP contribution in [0.4, 0.5) is 5.69 Å². The van der Waals surface area contributed by atoms with Gasteiger partial charge in [-0.05, 0) is 38.1 Å². The van der Waals surface area contributed by atoms with Crippen LogP contribution >= 0.6 is 11.6 Å². The van der Waals surface area contributed by atoms with E-state index in [1.54, 1.807) is 12.1 Å². The highest BCUT2D eigenvalue weighted by molar-refractivity contribution is 7.92. The van der Waals surface area contributed by atoms with Gasteiger partial charge >= 0.3 is 0 Å². The Balaban J connectivity index is 2.30. The summed E-state index contributed by atoms with van der Waals surface area (Å²) in [5, 5.41) is 0.221. The third-order valence-electron chi connectivity index (χ3n) is 2.37. The molecule has 0 aromatic carbocycles. The molecule has 0 unspecified atom stereocenters. The van der Waals surface area contributed by atoms with Gasteiger partial charge in [0, 0.05) is 12.4 Å². The summed E-state index contributed by atoms with van der Waals surface area (Å²) in [7, 11) is -3.78. The zero-order chi connectivity index (χ0) is 15.5. The van der Waals surface area contributed by atoms with Gasteiger partial charge in [-0.3, -0.25) is 4.72 Å². The Kier molecular flexibility index (Phi) is 4.64. The molecule has 0 aliphatic heterocycles. The highest BCUT2D eigenvalue weighted by Gasteiger charge is 2.18. The molecule has 0 amide bonds. The van der Waals surface area contributed by atoms with Crippen LogP contribution in [-0.2, 0) is 10.0 Å². The monoisotopic (exact) mass is 327 g/mol. The molecule has 0 spiro atoms. The summed E-state index contributed by atoms with van der Waals surface area (Å²) in [4.78, 5) is 7.79. The zero-order valence-corrected chi connectivity index (χ0v) is 13.0. The molecule has 2 aromatic heterocycles. The fourth-order valence-corrected chi connectivity index (χ4v) is 2.62. The maximum atomic E-state index is 12.3. The van der Waals surface area contributed by atoms with Crippen molar-refractivity contribution in [3.05, 3.63) is 41.8 Å². The minimum absolute atomic E-state index is 0.00579. The summed E-state index contributed by atoms with van der Waals surface area (Å²) in [5.41, 5.74) is 0.265. The Bertz CT molecular complexity index is 718. The van der Waals surface area contributed by atoms with Crippen LogP contribution in [0.15, 0.2) is 41.6 Å². The van der Waals surface area contributed by atoms with Gasteiger partial charge in [-0.2, -0.15) is 0 Å². The van der Waals surface area contributed by atoms with Crippen LogP contribution in [0.25, 0.3) is 0 Å². The lowest BCUT2D eigenvalue weighted by Crippen LogP contribution is -2.16. The number of nitrogens with zero attached hydrogens (tertiary/aromatic N) is 2. The standard InChI is InChI=1S/C13H14ClN3O3S/c1-9(2)20-13-11(4-3-7-15-13)17-21(18,19)10-5-6-12(14)16-8-10/h3-9,17H,1-2H3. The van der Waals surface area contributed by atoms with Crippen molar-refractivity contribution in [2.45, 2.75) is 24.8 Å². The molecule has 0 saturated heterocycles. The maximum absolute atomic E-state index is 12.3. The molecule has 8 heteroatoms. The van der Waals surface area contributed by atoms with Gasteiger partial charge in [0.15, 0.2) is 0 Å². The molecule has 0 saturated carbocycles. The molecule has 1 N–H and O–H groups in total. The first-order valence-corrected chi connectivity index (χ1v) is 8.00. The Labute approximate surface area is 128 Å². The van der Waals surface area contributed by atoms with E-state index in [1.807, 2.05) is 13.8 Å². The first-order valence-electron chi connectivity index (χ1n) is 6.14. The number of pyridine rings is 2. The van der Waals surface area contributed by atoms with Gasteiger partial charge in [-0.15, -0.1) is 0 Å². The largest absolute Gasteiger partial charge is 0.473 e. The van der Waals surface area contributed by atoms with Crippen molar-refractivity contribution in [3.63, 3.8) is 0 Å². The van der Waals surface area contributed by atoms with Gasteiger partial charge in [-0.25, -0.2) is 18.4 Å². The summed E-state index contributed by atoms with van der Waals surface area (Å²) in [6.45, 7) is 3.66. The number of rotatable bonds is 5. The molecule has 21 heavy (non-hydrogen) atoms. The number of hydrogen-bond donors (Lipinski definition) is 1. The van der Waals surface area contributed by atoms with Crippen molar-refractivity contribution < 1.29 is 13.2 Å². The van der Waals surface area contributed by atoms with E-state index in [0.717, 1.165) is 0 Å². The minimum Gasteiger partial charge on any atom is -0.473 e. The van der Waals surface area contributed by atoms with E-state index in [-0.39, 0.29) is 27.7 Å². The summed E-state index contributed by atoms with van der Waals surface area (Å²) in [6, 6.07) is 5.97. The van der Waals surface area contributed by atoms with Crippen LogP contribution in [-0.4, -0.2) is 24.5 Å². The van der Waals surface area contributed by atoms with Crippen molar-refractivity contribution in [3.8, 4) is 5.88 Å². The van der Waals surface area contributed by atoms with Crippen molar-refractivity contribution in [1.29, 1.82) is 0 Å².